The Morgan fingerprint density at radius 1 is 1.00 bits per heavy atom. The summed E-state index contributed by atoms with van der Waals surface area (Å²) in [6, 6.07) is -0.0714. The number of carbonyl (C=O) groups is 2. The van der Waals surface area contributed by atoms with E-state index in [0.717, 1.165) is 45.1 Å². The maximum absolute atomic E-state index is 12.0. The molecule has 0 bridgehead atoms. The predicted octanol–water partition coefficient (Wildman–Crippen LogP) is 2.48. The molecule has 0 aliphatic heterocycles. The number of hydrogen-bond donors (Lipinski definition) is 3. The lowest BCUT2D eigenvalue weighted by atomic mass is 10.0. The van der Waals surface area contributed by atoms with Gasteiger partial charge < -0.3 is 16.0 Å². The molecule has 0 rings (SSSR count). The molecular weight excluding hydrogens is 347 g/mol. The van der Waals surface area contributed by atoms with Gasteiger partial charge in [0.15, 0.2) is 5.52 Å². The molecule has 0 radical (unpaired) electrons. The van der Waals surface area contributed by atoms with E-state index >= 15 is 0 Å². The highest BCUT2D eigenvalue weighted by molar-refractivity contribution is 8.50. The molecule has 0 saturated heterocycles. The van der Waals surface area contributed by atoms with Gasteiger partial charge in [-0.05, 0) is 52.7 Å². The smallest absolute Gasteiger partial charge is 0.222 e. The summed E-state index contributed by atoms with van der Waals surface area (Å²) in [5.41, 5.74) is 0.261. The third-order valence-corrected chi connectivity index (χ3v) is 6.23. The quantitative estimate of drug-likeness (QED) is 0.319. The predicted molar refractivity (Wildman–Crippen MR) is 108 cm³/mol. The van der Waals surface area contributed by atoms with Crippen LogP contribution in [0.1, 0.15) is 45.4 Å². The van der Waals surface area contributed by atoms with Crippen molar-refractivity contribution in [1.29, 1.82) is 0 Å². The van der Waals surface area contributed by atoms with Crippen molar-refractivity contribution in [2.24, 2.45) is 5.92 Å². The molecule has 8 heteroatoms. The van der Waals surface area contributed by atoms with Crippen LogP contribution < -0.4 is 16.0 Å². The monoisotopic (exact) mass is 381 g/mol. The van der Waals surface area contributed by atoms with E-state index in [4.69, 9.17) is 0 Å². The summed E-state index contributed by atoms with van der Waals surface area (Å²) in [5, 5.41) is 9.20. The Labute approximate surface area is 147 Å². The molecule has 0 aromatic carbocycles. The third kappa shape index (κ3) is 11.5. The molecule has 0 saturated carbocycles. The van der Waals surface area contributed by atoms with E-state index in [1.165, 1.54) is 0 Å². The Kier molecular flexibility index (Phi) is 14.9. The second-order valence-electron chi connectivity index (χ2n) is 5.87. The largest absolute Gasteiger partial charge is 0.356 e. The van der Waals surface area contributed by atoms with Crippen molar-refractivity contribution >= 4 is 36.6 Å². The Morgan fingerprint density at radius 2 is 1.61 bits per heavy atom. The Balaban J connectivity index is 3.77. The van der Waals surface area contributed by atoms with E-state index in [0.29, 0.717) is 6.54 Å². The van der Waals surface area contributed by atoms with E-state index in [1.54, 1.807) is 0 Å². The maximum Gasteiger partial charge on any atom is 0.222 e. The van der Waals surface area contributed by atoms with Crippen LogP contribution >= 0.6 is 25.2 Å². The van der Waals surface area contributed by atoms with Crippen molar-refractivity contribution in [2.45, 2.75) is 51.5 Å². The zero-order valence-corrected chi connectivity index (χ0v) is 17.9. The number of carbonyl (C=O) groups excluding carboxylic acids is 2. The molecule has 0 heterocycles. The van der Waals surface area contributed by atoms with Crippen LogP contribution in [0.3, 0.4) is 0 Å². The second-order valence-corrected chi connectivity index (χ2v) is 12.3. The normalized spacial score (nSPS) is 13.8. The lowest BCUT2D eigenvalue weighted by Gasteiger charge is -2.17. The van der Waals surface area contributed by atoms with Crippen LogP contribution in [0.15, 0.2) is 0 Å². The third-order valence-electron chi connectivity index (χ3n) is 3.88. The molecule has 4 unspecified atom stereocenters. The number of likely N-dealkylation sites (N-methyl/N-ethyl adjacent to an activating group) is 1. The number of rotatable bonds is 14. The maximum atomic E-state index is 12.0. The fraction of sp³-hybridized carbons (Fsp3) is 0.867. The van der Waals surface area contributed by atoms with Crippen molar-refractivity contribution in [3.05, 3.63) is 0 Å². The summed E-state index contributed by atoms with van der Waals surface area (Å²) < 4.78 is 0. The minimum atomic E-state index is -0.702. The molecule has 0 spiro atoms. The zero-order chi connectivity index (χ0) is 17.7. The number of nitrogens with one attached hydrogen (secondary N) is 3. The average molecular weight is 381 g/mol. The van der Waals surface area contributed by atoms with Crippen LogP contribution in [0, 0.1) is 5.92 Å². The number of unbranched alkanes of at least 4 members (excludes halogenated alkanes) is 2. The van der Waals surface area contributed by atoms with E-state index in [2.05, 4.69) is 33.8 Å². The van der Waals surface area contributed by atoms with Crippen LogP contribution in [-0.4, -0.2) is 44.7 Å². The lowest BCUT2D eigenvalue weighted by Crippen LogP contribution is -2.33. The van der Waals surface area contributed by atoms with Crippen molar-refractivity contribution in [3.63, 3.8) is 0 Å². The van der Waals surface area contributed by atoms with Crippen molar-refractivity contribution in [1.82, 2.24) is 16.0 Å². The summed E-state index contributed by atoms with van der Waals surface area (Å²) in [6.45, 7) is 3.69. The van der Waals surface area contributed by atoms with E-state index in [9.17, 15) is 9.59 Å². The van der Waals surface area contributed by atoms with Crippen molar-refractivity contribution in [2.75, 3.05) is 27.2 Å². The van der Waals surface area contributed by atoms with Crippen LogP contribution in [0.25, 0.3) is 0 Å². The molecule has 3 N–H and O–H groups in total. The first kappa shape index (κ1) is 23.4. The van der Waals surface area contributed by atoms with Gasteiger partial charge in [0.1, 0.15) is 0 Å². The highest BCUT2D eigenvalue weighted by Gasteiger charge is 2.19. The Morgan fingerprint density at radius 3 is 2.17 bits per heavy atom. The molecule has 23 heavy (non-hydrogen) atoms. The molecule has 4 atom stereocenters. The van der Waals surface area contributed by atoms with Gasteiger partial charge in [0.25, 0.3) is 0 Å². The van der Waals surface area contributed by atoms with Crippen LogP contribution in [0.2, 0.25) is 0 Å². The van der Waals surface area contributed by atoms with Gasteiger partial charge in [-0.15, -0.1) is 0 Å². The van der Waals surface area contributed by atoms with Gasteiger partial charge in [-0.2, -0.15) is 0 Å². The first-order valence-corrected chi connectivity index (χ1v) is 12.9. The van der Waals surface area contributed by atoms with Gasteiger partial charge in [-0.3, -0.25) is 9.59 Å². The summed E-state index contributed by atoms with van der Waals surface area (Å²) in [6.07, 6.45) is 5.81. The van der Waals surface area contributed by atoms with Crippen LogP contribution in [0.5, 0.6) is 0 Å². The molecular formula is C15H34N3O2P3. The molecule has 0 aliphatic carbocycles. The molecule has 1 amide bonds. The first-order valence-electron chi connectivity index (χ1n) is 8.37. The van der Waals surface area contributed by atoms with Gasteiger partial charge in [-0.1, -0.05) is 31.2 Å². The Bertz CT molecular complexity index is 344. The van der Waals surface area contributed by atoms with Crippen LogP contribution in [-0.2, 0) is 9.59 Å². The molecule has 0 aromatic rings. The van der Waals surface area contributed by atoms with Crippen molar-refractivity contribution in [3.8, 4) is 0 Å². The van der Waals surface area contributed by atoms with Gasteiger partial charge in [0, 0.05) is 19.8 Å². The van der Waals surface area contributed by atoms with Crippen LogP contribution in [0.4, 0.5) is 0 Å². The Hall–Kier alpha value is 0.350. The van der Waals surface area contributed by atoms with Gasteiger partial charge in [0.05, 0.1) is 6.04 Å². The standard InChI is InChI=1S/C15H34N3O2P3/c1-12(8-4-6-10-16-2)14(19)18-11-7-5-9-13(17-3)15(20)23(21)22/h12-13,16-17H,4-11,21-22H2,1-3H3,(H,18,19). The molecule has 5 nitrogen and oxygen atoms in total. The topological polar surface area (TPSA) is 70.2 Å². The highest BCUT2D eigenvalue weighted by atomic mass is 32.4. The first-order chi connectivity index (χ1) is 10.9. The van der Waals surface area contributed by atoms with E-state index in [1.807, 2.05) is 21.0 Å². The number of amides is 1. The molecule has 0 aromatic heterocycles. The fourth-order valence-corrected chi connectivity index (χ4v) is 4.01. The van der Waals surface area contributed by atoms with Gasteiger partial charge in [-0.25, -0.2) is 0 Å². The highest BCUT2D eigenvalue weighted by Crippen LogP contribution is 2.54. The minimum Gasteiger partial charge on any atom is -0.356 e. The van der Waals surface area contributed by atoms with Gasteiger partial charge in [0.2, 0.25) is 5.91 Å². The molecule has 0 aliphatic rings. The van der Waals surface area contributed by atoms with Crippen molar-refractivity contribution < 1.29 is 9.59 Å². The molecule has 0 fully saturated rings. The average Bonchev–Trinajstić information content (AvgIpc) is 2.53. The minimum absolute atomic E-state index is 0.0714. The summed E-state index contributed by atoms with van der Waals surface area (Å²) in [7, 11) is 8.23. The fourth-order valence-electron chi connectivity index (χ4n) is 2.31. The van der Waals surface area contributed by atoms with E-state index in [-0.39, 0.29) is 23.4 Å². The SMILES string of the molecule is CNCCCCC(C)C(=O)NCCCCC(NC)C(=O)P(P)P. The summed E-state index contributed by atoms with van der Waals surface area (Å²) >= 11 is 0. The lowest BCUT2D eigenvalue weighted by molar-refractivity contribution is -0.124. The second kappa shape index (κ2) is 14.7. The summed E-state index contributed by atoms with van der Waals surface area (Å²) in [5.74, 6) is 0.227. The molecule has 136 valence electrons. The van der Waals surface area contributed by atoms with E-state index < -0.39 is 7.30 Å². The van der Waals surface area contributed by atoms with Gasteiger partial charge >= 0.3 is 0 Å². The summed E-state index contributed by atoms with van der Waals surface area (Å²) in [4.78, 5) is 23.9. The number of hydrogen-bond acceptors (Lipinski definition) is 4. The zero-order valence-electron chi connectivity index (χ0n) is 14.7.